The number of aromatic amines is 1. The van der Waals surface area contributed by atoms with Gasteiger partial charge in [0.1, 0.15) is 0 Å². The molecule has 1 aromatic heterocycles. The lowest BCUT2D eigenvalue weighted by molar-refractivity contribution is 0.836. The summed E-state index contributed by atoms with van der Waals surface area (Å²) in [6, 6.07) is 30.4. The average Bonchev–Trinajstić information content (AvgIpc) is 2.99. The van der Waals surface area contributed by atoms with Crippen LogP contribution in [0.25, 0.3) is 33.6 Å². The third-order valence-corrected chi connectivity index (χ3v) is 5.39. The Kier molecular flexibility index (Phi) is 3.71. The van der Waals surface area contributed by atoms with Crippen molar-refractivity contribution >= 4 is 0 Å². The number of hydrogen-bond acceptors (Lipinski definition) is 0. The summed E-state index contributed by atoms with van der Waals surface area (Å²) < 4.78 is 0. The number of rotatable bonds is 2. The van der Waals surface area contributed by atoms with Crippen LogP contribution in [0.15, 0.2) is 84.9 Å². The van der Waals surface area contributed by atoms with Gasteiger partial charge in [-0.2, -0.15) is 0 Å². The summed E-state index contributed by atoms with van der Waals surface area (Å²) in [6.45, 7) is 0. The highest BCUT2D eigenvalue weighted by Gasteiger charge is 2.23. The zero-order valence-electron chi connectivity index (χ0n) is 14.7. The lowest BCUT2D eigenvalue weighted by Gasteiger charge is -2.08. The molecule has 1 aliphatic carbocycles. The van der Waals surface area contributed by atoms with Gasteiger partial charge in [0.2, 0.25) is 0 Å². The van der Waals surface area contributed by atoms with Gasteiger partial charge >= 0.3 is 0 Å². The van der Waals surface area contributed by atoms with E-state index in [1.807, 2.05) is 0 Å². The van der Waals surface area contributed by atoms with Crippen LogP contribution in [-0.4, -0.2) is 4.98 Å². The molecule has 0 fully saturated rings. The van der Waals surface area contributed by atoms with Gasteiger partial charge < -0.3 is 4.98 Å². The normalized spacial score (nSPS) is 12.9. The van der Waals surface area contributed by atoms with Crippen LogP contribution in [-0.2, 0) is 12.8 Å². The molecule has 0 unspecified atom stereocenters. The molecule has 26 heavy (non-hydrogen) atoms. The van der Waals surface area contributed by atoms with Gasteiger partial charge in [0.15, 0.2) is 0 Å². The molecule has 0 bridgehead atoms. The molecule has 0 saturated heterocycles. The summed E-state index contributed by atoms with van der Waals surface area (Å²) >= 11 is 0. The van der Waals surface area contributed by atoms with Crippen LogP contribution in [0.3, 0.4) is 0 Å². The number of aromatic nitrogens is 1. The quantitative estimate of drug-likeness (QED) is 0.430. The van der Waals surface area contributed by atoms with Crippen molar-refractivity contribution in [2.75, 3.05) is 0 Å². The predicted octanol–water partition coefficient (Wildman–Crippen LogP) is 6.50. The Morgan fingerprint density at radius 3 is 2.00 bits per heavy atom. The van der Waals surface area contributed by atoms with Crippen LogP contribution >= 0.6 is 0 Å². The summed E-state index contributed by atoms with van der Waals surface area (Å²) in [7, 11) is 0. The van der Waals surface area contributed by atoms with Crippen molar-refractivity contribution in [3.63, 3.8) is 0 Å². The minimum atomic E-state index is 1.11. The van der Waals surface area contributed by atoms with Crippen LogP contribution in [0.4, 0.5) is 0 Å². The van der Waals surface area contributed by atoms with E-state index in [4.69, 9.17) is 0 Å². The van der Waals surface area contributed by atoms with Gasteiger partial charge in [0.05, 0.1) is 11.4 Å². The van der Waals surface area contributed by atoms with E-state index in [9.17, 15) is 0 Å². The molecule has 0 amide bonds. The highest BCUT2D eigenvalue weighted by molar-refractivity contribution is 5.90. The van der Waals surface area contributed by atoms with Crippen LogP contribution in [0.1, 0.15) is 17.5 Å². The highest BCUT2D eigenvalue weighted by Crippen LogP contribution is 2.43. The third-order valence-electron chi connectivity index (χ3n) is 5.39. The number of benzene rings is 3. The Balaban J connectivity index is 1.83. The fourth-order valence-electron chi connectivity index (χ4n) is 4.20. The molecule has 0 radical (unpaired) electrons. The molecule has 0 aliphatic heterocycles. The van der Waals surface area contributed by atoms with Gasteiger partial charge in [-0.15, -0.1) is 0 Å². The molecule has 1 aliphatic rings. The van der Waals surface area contributed by atoms with Crippen LogP contribution in [0.5, 0.6) is 0 Å². The first-order chi connectivity index (χ1) is 12.9. The van der Waals surface area contributed by atoms with E-state index in [1.54, 1.807) is 0 Å². The maximum Gasteiger partial charge on any atom is 0.0541 e. The Bertz CT molecular complexity index is 1040. The Morgan fingerprint density at radius 2 is 1.23 bits per heavy atom. The number of aryl methyl sites for hydroxylation is 1. The van der Waals surface area contributed by atoms with Gasteiger partial charge in [-0.05, 0) is 41.5 Å². The zero-order chi connectivity index (χ0) is 17.3. The second kappa shape index (κ2) is 6.34. The Morgan fingerprint density at radius 1 is 0.577 bits per heavy atom. The predicted molar refractivity (Wildman–Crippen MR) is 109 cm³/mol. The molecule has 1 heterocycles. The summed E-state index contributed by atoms with van der Waals surface area (Å²) in [5, 5.41) is 0. The summed E-state index contributed by atoms with van der Waals surface area (Å²) in [4.78, 5) is 3.81. The first-order valence-corrected chi connectivity index (χ1v) is 9.36. The molecule has 0 spiro atoms. The average molecular weight is 335 g/mol. The van der Waals surface area contributed by atoms with Crippen LogP contribution in [0.2, 0.25) is 0 Å². The van der Waals surface area contributed by atoms with Crippen LogP contribution < -0.4 is 0 Å². The van der Waals surface area contributed by atoms with Gasteiger partial charge in [0, 0.05) is 11.1 Å². The minimum Gasteiger partial charge on any atom is -0.354 e. The molecule has 0 saturated carbocycles. The number of hydrogen-bond donors (Lipinski definition) is 1. The second-order valence-electron chi connectivity index (χ2n) is 6.97. The molecule has 1 nitrogen and oxygen atoms in total. The molecule has 1 N–H and O–H groups in total. The van der Waals surface area contributed by atoms with E-state index in [1.165, 1.54) is 51.2 Å². The summed E-state index contributed by atoms with van der Waals surface area (Å²) in [6.07, 6.45) is 3.45. The standard InChI is InChI=1S/C25H21N/c1-3-11-19(12-4-1)23-22-17-9-15-18-10-7-8-16-21(18)25(22)26-24(23)20-13-5-2-6-14-20/h1-8,10-14,16,26H,9,15,17H2. The van der Waals surface area contributed by atoms with Gasteiger partial charge in [-0.25, -0.2) is 0 Å². The number of fused-ring (bicyclic) bond motifs is 3. The maximum atomic E-state index is 3.81. The highest BCUT2D eigenvalue weighted by atomic mass is 14.7. The van der Waals surface area contributed by atoms with Crippen LogP contribution in [0, 0.1) is 0 Å². The third kappa shape index (κ3) is 2.48. The van der Waals surface area contributed by atoms with Crippen molar-refractivity contribution in [1.29, 1.82) is 0 Å². The van der Waals surface area contributed by atoms with Crippen molar-refractivity contribution < 1.29 is 0 Å². The monoisotopic (exact) mass is 335 g/mol. The summed E-state index contributed by atoms with van der Waals surface area (Å²) in [5.41, 5.74) is 10.7. The lowest BCUT2D eigenvalue weighted by atomic mass is 9.94. The van der Waals surface area contributed by atoms with Gasteiger partial charge in [0.25, 0.3) is 0 Å². The first-order valence-electron chi connectivity index (χ1n) is 9.36. The van der Waals surface area contributed by atoms with Crippen molar-refractivity contribution in [2.24, 2.45) is 0 Å². The smallest absolute Gasteiger partial charge is 0.0541 e. The lowest BCUT2D eigenvalue weighted by Crippen LogP contribution is -1.89. The summed E-state index contributed by atoms with van der Waals surface area (Å²) in [5.74, 6) is 0. The SMILES string of the molecule is c1ccc(-c2[nH]c3c(c2-c2ccccc2)CCCc2ccccc2-3)cc1. The van der Waals surface area contributed by atoms with Crippen molar-refractivity contribution in [1.82, 2.24) is 4.98 Å². The molecule has 126 valence electrons. The van der Waals surface area contributed by atoms with Crippen molar-refractivity contribution in [2.45, 2.75) is 19.3 Å². The largest absolute Gasteiger partial charge is 0.354 e. The molecule has 1 heteroatoms. The van der Waals surface area contributed by atoms with Gasteiger partial charge in [-0.3, -0.25) is 0 Å². The minimum absolute atomic E-state index is 1.11. The molecule has 3 aromatic carbocycles. The van der Waals surface area contributed by atoms with E-state index in [2.05, 4.69) is 89.9 Å². The zero-order valence-corrected chi connectivity index (χ0v) is 14.7. The maximum absolute atomic E-state index is 3.81. The Labute approximate surface area is 154 Å². The second-order valence-corrected chi connectivity index (χ2v) is 6.97. The fourth-order valence-corrected chi connectivity index (χ4v) is 4.20. The van der Waals surface area contributed by atoms with E-state index < -0.39 is 0 Å². The first kappa shape index (κ1) is 15.2. The van der Waals surface area contributed by atoms with E-state index in [0.29, 0.717) is 0 Å². The van der Waals surface area contributed by atoms with Crippen molar-refractivity contribution in [3.8, 4) is 33.6 Å². The number of H-pyrrole nitrogens is 1. The molecule has 4 aromatic rings. The van der Waals surface area contributed by atoms with E-state index >= 15 is 0 Å². The Hall–Kier alpha value is -3.06. The topological polar surface area (TPSA) is 15.8 Å². The fraction of sp³-hybridized carbons (Fsp3) is 0.120. The van der Waals surface area contributed by atoms with Gasteiger partial charge in [-0.1, -0.05) is 84.9 Å². The molecular weight excluding hydrogens is 314 g/mol. The molecular formula is C25H21N. The molecule has 5 rings (SSSR count). The molecule has 0 atom stereocenters. The van der Waals surface area contributed by atoms with E-state index in [0.717, 1.165) is 12.8 Å². The number of nitrogens with one attached hydrogen (secondary N) is 1. The van der Waals surface area contributed by atoms with E-state index in [-0.39, 0.29) is 0 Å². The van der Waals surface area contributed by atoms with Crippen molar-refractivity contribution in [3.05, 3.63) is 96.1 Å².